The van der Waals surface area contributed by atoms with E-state index in [4.69, 9.17) is 42.6 Å². The molecule has 13 nitrogen and oxygen atoms in total. The second-order valence-electron chi connectivity index (χ2n) is 7.98. The number of carbonyl (C=O) groups excluding carboxylic acids is 3. The lowest BCUT2D eigenvalue weighted by atomic mass is 10.4. The summed E-state index contributed by atoms with van der Waals surface area (Å²) in [6, 6.07) is 0. The molecule has 0 aromatic rings. The molecule has 1 rings (SSSR count). The molecule has 0 spiro atoms. The van der Waals surface area contributed by atoms with Gasteiger partial charge in [0.25, 0.3) is 11.8 Å². The fraction of sp³-hybridized carbons (Fsp3) is 0.731. The minimum Gasteiger partial charge on any atom is -0.460 e. The van der Waals surface area contributed by atoms with Crippen molar-refractivity contribution in [3.8, 4) is 0 Å². The fourth-order valence-electron chi connectivity index (χ4n) is 2.77. The summed E-state index contributed by atoms with van der Waals surface area (Å²) >= 11 is 0. The highest BCUT2D eigenvalue weighted by atomic mass is 16.6. The number of imide groups is 1. The molecule has 0 unspecified atom stereocenters. The second-order valence-corrected chi connectivity index (χ2v) is 7.98. The molecule has 1 aliphatic heterocycles. The van der Waals surface area contributed by atoms with Crippen LogP contribution in [0.15, 0.2) is 24.3 Å². The summed E-state index contributed by atoms with van der Waals surface area (Å²) in [4.78, 5) is 35.0. The lowest BCUT2D eigenvalue weighted by Gasteiger charge is -2.13. The third-order valence-electron chi connectivity index (χ3n) is 4.77. The van der Waals surface area contributed by atoms with Crippen molar-refractivity contribution in [2.45, 2.75) is 6.92 Å². The Morgan fingerprint density at radius 2 is 0.846 bits per heavy atom. The molecule has 1 aliphatic rings. The van der Waals surface area contributed by atoms with Crippen molar-refractivity contribution in [3.63, 3.8) is 0 Å². The summed E-state index contributed by atoms with van der Waals surface area (Å²) in [6.45, 7) is 12.4. The van der Waals surface area contributed by atoms with E-state index in [-0.39, 0.29) is 31.6 Å². The van der Waals surface area contributed by atoms with Gasteiger partial charge in [0.15, 0.2) is 0 Å². The summed E-state index contributed by atoms with van der Waals surface area (Å²) in [5, 5.41) is 0. The Labute approximate surface area is 230 Å². The van der Waals surface area contributed by atoms with Crippen molar-refractivity contribution in [1.29, 1.82) is 0 Å². The molecule has 0 aromatic carbocycles. The molecule has 0 N–H and O–H groups in total. The Balaban J connectivity index is 1.66. The van der Waals surface area contributed by atoms with Gasteiger partial charge in [0.2, 0.25) is 0 Å². The molecule has 13 heteroatoms. The predicted molar refractivity (Wildman–Crippen MR) is 138 cm³/mol. The van der Waals surface area contributed by atoms with E-state index in [1.807, 2.05) is 0 Å². The van der Waals surface area contributed by atoms with Crippen LogP contribution < -0.4 is 0 Å². The van der Waals surface area contributed by atoms with Gasteiger partial charge in [-0.1, -0.05) is 6.58 Å². The molecule has 0 bridgehead atoms. The van der Waals surface area contributed by atoms with E-state index in [1.165, 1.54) is 12.2 Å². The first-order valence-electron chi connectivity index (χ1n) is 13.0. The van der Waals surface area contributed by atoms with E-state index in [0.717, 1.165) is 4.90 Å². The molecule has 0 aromatic heterocycles. The van der Waals surface area contributed by atoms with Crippen LogP contribution in [0.2, 0.25) is 0 Å². The predicted octanol–water partition coefficient (Wildman–Crippen LogP) is 0.164. The van der Waals surface area contributed by atoms with Crippen LogP contribution in [0.25, 0.3) is 0 Å². The van der Waals surface area contributed by atoms with Crippen LogP contribution in [0.3, 0.4) is 0 Å². The van der Waals surface area contributed by atoms with Crippen LogP contribution in [0.1, 0.15) is 6.92 Å². The second kappa shape index (κ2) is 24.8. The molecule has 0 fully saturated rings. The van der Waals surface area contributed by atoms with E-state index in [2.05, 4.69) is 6.58 Å². The summed E-state index contributed by atoms with van der Waals surface area (Å²) in [5.74, 6) is -1.04. The van der Waals surface area contributed by atoms with Crippen LogP contribution in [-0.2, 0) is 57.0 Å². The number of rotatable bonds is 28. The quantitative estimate of drug-likeness (QED) is 0.0557. The highest BCUT2D eigenvalue weighted by Crippen LogP contribution is 2.02. The summed E-state index contributed by atoms with van der Waals surface area (Å²) in [6.07, 6.45) is 2.50. The molecule has 0 atom stereocenters. The summed E-state index contributed by atoms with van der Waals surface area (Å²) < 4.78 is 48.0. The molecule has 0 radical (unpaired) electrons. The van der Waals surface area contributed by atoms with E-state index in [0.29, 0.717) is 105 Å². The number of carbonyl (C=O) groups is 3. The molecular formula is C26H43NO12. The number of hydrogen-bond donors (Lipinski definition) is 0. The van der Waals surface area contributed by atoms with Gasteiger partial charge >= 0.3 is 5.97 Å². The van der Waals surface area contributed by atoms with Gasteiger partial charge in [0, 0.05) is 17.7 Å². The van der Waals surface area contributed by atoms with Crippen molar-refractivity contribution in [2.24, 2.45) is 0 Å². The highest BCUT2D eigenvalue weighted by molar-refractivity contribution is 6.12. The lowest BCUT2D eigenvalue weighted by Crippen LogP contribution is -2.33. The van der Waals surface area contributed by atoms with Gasteiger partial charge < -0.3 is 42.6 Å². The monoisotopic (exact) mass is 561 g/mol. The van der Waals surface area contributed by atoms with Crippen molar-refractivity contribution < 1.29 is 57.0 Å². The smallest absolute Gasteiger partial charge is 0.333 e. The van der Waals surface area contributed by atoms with E-state index in [9.17, 15) is 14.4 Å². The van der Waals surface area contributed by atoms with Crippen LogP contribution in [-0.4, -0.2) is 142 Å². The zero-order valence-electron chi connectivity index (χ0n) is 22.9. The van der Waals surface area contributed by atoms with E-state index in [1.54, 1.807) is 6.92 Å². The van der Waals surface area contributed by atoms with Crippen LogP contribution in [0, 0.1) is 0 Å². The normalized spacial score (nSPS) is 13.0. The fourth-order valence-corrected chi connectivity index (χ4v) is 2.77. The molecular weight excluding hydrogens is 518 g/mol. The molecule has 1 heterocycles. The van der Waals surface area contributed by atoms with Crippen LogP contribution in [0.4, 0.5) is 0 Å². The largest absolute Gasteiger partial charge is 0.460 e. The minimum atomic E-state index is -0.419. The topological polar surface area (TPSA) is 138 Å². The van der Waals surface area contributed by atoms with Gasteiger partial charge in [-0.25, -0.2) is 4.79 Å². The minimum absolute atomic E-state index is 0.193. The van der Waals surface area contributed by atoms with E-state index >= 15 is 0 Å². The first kappa shape index (κ1) is 34.8. The Kier molecular flexibility index (Phi) is 22.1. The van der Waals surface area contributed by atoms with Crippen LogP contribution >= 0.6 is 0 Å². The van der Waals surface area contributed by atoms with Crippen LogP contribution in [0.5, 0.6) is 0 Å². The average molecular weight is 562 g/mol. The number of amides is 2. The van der Waals surface area contributed by atoms with Crippen molar-refractivity contribution in [2.75, 3.05) is 119 Å². The Morgan fingerprint density at radius 3 is 1.15 bits per heavy atom. The van der Waals surface area contributed by atoms with Gasteiger partial charge in [0.1, 0.15) is 6.61 Å². The number of hydrogen-bond acceptors (Lipinski definition) is 12. The molecule has 39 heavy (non-hydrogen) atoms. The molecule has 0 aliphatic carbocycles. The molecule has 0 saturated carbocycles. The van der Waals surface area contributed by atoms with Gasteiger partial charge in [-0.15, -0.1) is 0 Å². The van der Waals surface area contributed by atoms with E-state index < -0.39 is 5.97 Å². The standard InChI is InChI=1S/C26H43NO12/c1-23(2)26(30)39-22-21-38-20-19-37-18-17-36-16-15-35-14-13-34-12-11-33-10-9-32-8-7-31-6-5-27-24(28)3-4-25(27)29/h3-4H,1,5-22H2,2H3. The number of ether oxygens (including phenoxy) is 9. The number of nitrogens with zero attached hydrogens (tertiary/aromatic N) is 1. The molecule has 224 valence electrons. The maximum Gasteiger partial charge on any atom is 0.333 e. The summed E-state index contributed by atoms with van der Waals surface area (Å²) in [7, 11) is 0. The average Bonchev–Trinajstić information content (AvgIpc) is 3.24. The lowest BCUT2D eigenvalue weighted by molar-refractivity contribution is -0.141. The molecule has 2 amide bonds. The zero-order valence-corrected chi connectivity index (χ0v) is 22.9. The van der Waals surface area contributed by atoms with Gasteiger partial charge in [-0.2, -0.15) is 0 Å². The van der Waals surface area contributed by atoms with Crippen molar-refractivity contribution in [3.05, 3.63) is 24.3 Å². The summed E-state index contributed by atoms with van der Waals surface area (Å²) in [5.41, 5.74) is 0.364. The first-order valence-corrected chi connectivity index (χ1v) is 13.0. The third-order valence-corrected chi connectivity index (χ3v) is 4.77. The maximum atomic E-state index is 11.4. The van der Waals surface area contributed by atoms with Gasteiger partial charge in [0.05, 0.1) is 112 Å². The first-order chi connectivity index (χ1) is 19.0. The SMILES string of the molecule is C=C(C)C(=O)OCCOCCOCCOCCOCCOCCOCCOCCOCCN1C(=O)C=CC1=O. The van der Waals surface area contributed by atoms with Gasteiger partial charge in [-0.3, -0.25) is 14.5 Å². The zero-order chi connectivity index (χ0) is 28.4. The Bertz CT molecular complexity index is 697. The highest BCUT2D eigenvalue weighted by Gasteiger charge is 2.22. The Hall–Kier alpha value is -2.23. The van der Waals surface area contributed by atoms with Crippen molar-refractivity contribution in [1.82, 2.24) is 4.90 Å². The third kappa shape index (κ3) is 20.4. The number of esters is 1. The Morgan fingerprint density at radius 1 is 0.564 bits per heavy atom. The van der Waals surface area contributed by atoms with Gasteiger partial charge in [-0.05, 0) is 6.92 Å². The maximum absolute atomic E-state index is 11.4. The van der Waals surface area contributed by atoms with Crippen molar-refractivity contribution >= 4 is 17.8 Å². The molecule has 0 saturated heterocycles.